The first kappa shape index (κ1) is 14.2. The van der Waals surface area contributed by atoms with Crippen molar-refractivity contribution in [3.8, 4) is 11.5 Å². The molecule has 0 aliphatic carbocycles. The summed E-state index contributed by atoms with van der Waals surface area (Å²) >= 11 is 1.68. The van der Waals surface area contributed by atoms with Gasteiger partial charge in [0.05, 0.1) is 5.69 Å². The van der Waals surface area contributed by atoms with E-state index in [2.05, 4.69) is 4.98 Å². The van der Waals surface area contributed by atoms with Crippen LogP contribution in [0.15, 0.2) is 41.0 Å². The summed E-state index contributed by atoms with van der Waals surface area (Å²) in [7, 11) is 0. The highest BCUT2D eigenvalue weighted by atomic mass is 32.2. The third-order valence-electron chi connectivity index (χ3n) is 3.46. The zero-order chi connectivity index (χ0) is 14.7. The van der Waals surface area contributed by atoms with Gasteiger partial charge in [0, 0.05) is 30.2 Å². The number of carboxylic acids is 1. The smallest absolute Gasteiger partial charge is 0.321 e. The van der Waals surface area contributed by atoms with Crippen molar-refractivity contribution in [2.24, 2.45) is 0 Å². The summed E-state index contributed by atoms with van der Waals surface area (Å²) < 4.78 is 5.50. The fourth-order valence-corrected chi connectivity index (χ4v) is 3.46. The van der Waals surface area contributed by atoms with Crippen LogP contribution in [-0.2, 0) is 11.3 Å². The second kappa shape index (κ2) is 6.32. The number of carboxylic acid groups (broad SMARTS) is 1. The van der Waals surface area contributed by atoms with Gasteiger partial charge in [-0.15, -0.1) is 0 Å². The Hall–Kier alpha value is -1.79. The number of nitrogens with zero attached hydrogens (tertiary/aromatic N) is 2. The maximum Gasteiger partial charge on any atom is 0.321 e. The van der Waals surface area contributed by atoms with Crippen LogP contribution >= 0.6 is 11.8 Å². The Labute approximate surface area is 127 Å². The molecule has 1 aliphatic rings. The Morgan fingerprint density at radius 1 is 1.43 bits per heavy atom. The predicted molar refractivity (Wildman–Crippen MR) is 81.1 cm³/mol. The van der Waals surface area contributed by atoms with Crippen LogP contribution in [0.5, 0.6) is 0 Å². The van der Waals surface area contributed by atoms with E-state index in [9.17, 15) is 9.90 Å². The molecule has 21 heavy (non-hydrogen) atoms. The van der Waals surface area contributed by atoms with Crippen LogP contribution in [0.4, 0.5) is 0 Å². The Balaban J connectivity index is 1.73. The van der Waals surface area contributed by atoms with E-state index in [1.165, 1.54) is 0 Å². The first-order chi connectivity index (χ1) is 10.2. The SMILES string of the molecule is O=C(O)C1CSCCN1Cc1coc(-c2ccccc2)n1. The van der Waals surface area contributed by atoms with Gasteiger partial charge >= 0.3 is 5.97 Å². The van der Waals surface area contributed by atoms with Gasteiger partial charge in [0.2, 0.25) is 5.89 Å². The normalized spacial score (nSPS) is 19.5. The van der Waals surface area contributed by atoms with Crippen LogP contribution in [0.2, 0.25) is 0 Å². The number of benzene rings is 1. The molecule has 6 heteroatoms. The molecule has 0 saturated carbocycles. The summed E-state index contributed by atoms with van der Waals surface area (Å²) in [6.45, 7) is 1.27. The van der Waals surface area contributed by atoms with Crippen LogP contribution in [0.3, 0.4) is 0 Å². The minimum absolute atomic E-state index is 0.444. The van der Waals surface area contributed by atoms with Gasteiger partial charge in [-0.2, -0.15) is 11.8 Å². The minimum Gasteiger partial charge on any atom is -0.480 e. The lowest BCUT2D eigenvalue weighted by Gasteiger charge is -2.31. The number of carbonyl (C=O) groups is 1. The Morgan fingerprint density at radius 3 is 3.00 bits per heavy atom. The molecule has 2 aromatic rings. The predicted octanol–water partition coefficient (Wildman–Crippen LogP) is 2.34. The molecule has 1 aliphatic heterocycles. The molecule has 1 saturated heterocycles. The van der Waals surface area contributed by atoms with E-state index in [1.807, 2.05) is 35.2 Å². The lowest BCUT2D eigenvalue weighted by atomic mass is 10.2. The van der Waals surface area contributed by atoms with Gasteiger partial charge in [-0.05, 0) is 12.1 Å². The molecule has 0 radical (unpaired) electrons. The maximum absolute atomic E-state index is 11.3. The van der Waals surface area contributed by atoms with Crippen LogP contribution < -0.4 is 0 Å². The lowest BCUT2D eigenvalue weighted by Crippen LogP contribution is -2.46. The highest BCUT2D eigenvalue weighted by Gasteiger charge is 2.29. The van der Waals surface area contributed by atoms with Gasteiger partial charge in [0.1, 0.15) is 12.3 Å². The average molecular weight is 304 g/mol. The Bertz CT molecular complexity index is 614. The van der Waals surface area contributed by atoms with Crippen molar-refractivity contribution in [2.45, 2.75) is 12.6 Å². The van der Waals surface area contributed by atoms with Gasteiger partial charge in [-0.1, -0.05) is 18.2 Å². The second-order valence-electron chi connectivity index (χ2n) is 4.91. The molecule has 1 aromatic heterocycles. The zero-order valence-electron chi connectivity index (χ0n) is 11.4. The number of thioether (sulfide) groups is 1. The summed E-state index contributed by atoms with van der Waals surface area (Å²) in [6.07, 6.45) is 1.61. The van der Waals surface area contributed by atoms with Crippen molar-refractivity contribution in [1.29, 1.82) is 0 Å². The summed E-state index contributed by atoms with van der Waals surface area (Å²) in [5.41, 5.74) is 1.69. The molecule has 1 aromatic carbocycles. The quantitative estimate of drug-likeness (QED) is 0.935. The minimum atomic E-state index is -0.769. The van der Waals surface area contributed by atoms with E-state index in [-0.39, 0.29) is 0 Å². The molecule has 5 nitrogen and oxygen atoms in total. The molecule has 1 unspecified atom stereocenters. The molecule has 1 N–H and O–H groups in total. The van der Waals surface area contributed by atoms with Crippen molar-refractivity contribution < 1.29 is 14.3 Å². The Kier molecular flexibility index (Phi) is 4.26. The van der Waals surface area contributed by atoms with E-state index >= 15 is 0 Å². The topological polar surface area (TPSA) is 66.6 Å². The molecule has 0 bridgehead atoms. The average Bonchev–Trinajstić information content (AvgIpc) is 2.97. The summed E-state index contributed by atoms with van der Waals surface area (Å²) in [5.74, 6) is 1.38. The van der Waals surface area contributed by atoms with Crippen LogP contribution in [0.1, 0.15) is 5.69 Å². The molecule has 1 atom stereocenters. The van der Waals surface area contributed by atoms with E-state index < -0.39 is 12.0 Å². The summed E-state index contributed by atoms with van der Waals surface area (Å²) in [5, 5.41) is 9.27. The van der Waals surface area contributed by atoms with Crippen molar-refractivity contribution in [2.75, 3.05) is 18.1 Å². The first-order valence-corrected chi connectivity index (χ1v) is 7.94. The summed E-state index contributed by atoms with van der Waals surface area (Å²) in [4.78, 5) is 17.7. The number of oxazole rings is 1. The van der Waals surface area contributed by atoms with Crippen molar-refractivity contribution in [3.05, 3.63) is 42.3 Å². The third-order valence-corrected chi connectivity index (χ3v) is 4.48. The maximum atomic E-state index is 11.3. The Morgan fingerprint density at radius 2 is 2.24 bits per heavy atom. The molecule has 1 fully saturated rings. The molecular formula is C15H16N2O3S. The number of rotatable bonds is 4. The highest BCUT2D eigenvalue weighted by molar-refractivity contribution is 7.99. The first-order valence-electron chi connectivity index (χ1n) is 6.78. The van der Waals surface area contributed by atoms with Crippen molar-refractivity contribution >= 4 is 17.7 Å². The van der Waals surface area contributed by atoms with Gasteiger partial charge in [-0.25, -0.2) is 4.98 Å². The van der Waals surface area contributed by atoms with Crippen LogP contribution in [0.25, 0.3) is 11.5 Å². The zero-order valence-corrected chi connectivity index (χ0v) is 12.3. The molecule has 110 valence electrons. The van der Waals surface area contributed by atoms with E-state index in [0.717, 1.165) is 23.6 Å². The fourth-order valence-electron chi connectivity index (χ4n) is 2.36. The molecule has 0 amide bonds. The monoisotopic (exact) mass is 304 g/mol. The van der Waals surface area contributed by atoms with Gasteiger partial charge in [0.25, 0.3) is 0 Å². The molecule has 0 spiro atoms. The molecule has 2 heterocycles. The fraction of sp³-hybridized carbons (Fsp3) is 0.333. The highest BCUT2D eigenvalue weighted by Crippen LogP contribution is 2.22. The number of aromatic nitrogens is 1. The van der Waals surface area contributed by atoms with Crippen molar-refractivity contribution in [1.82, 2.24) is 9.88 Å². The van der Waals surface area contributed by atoms with Gasteiger partial charge < -0.3 is 9.52 Å². The largest absolute Gasteiger partial charge is 0.480 e. The number of hydrogen-bond acceptors (Lipinski definition) is 5. The van der Waals surface area contributed by atoms with Crippen LogP contribution in [0, 0.1) is 0 Å². The number of hydrogen-bond donors (Lipinski definition) is 1. The molecular weight excluding hydrogens is 288 g/mol. The standard InChI is InChI=1S/C15H16N2O3S/c18-15(19)13-10-21-7-6-17(13)8-12-9-20-14(16-12)11-4-2-1-3-5-11/h1-5,9,13H,6-8,10H2,(H,18,19). The van der Waals surface area contributed by atoms with Crippen LogP contribution in [-0.4, -0.2) is 45.1 Å². The van der Waals surface area contributed by atoms with E-state index in [1.54, 1.807) is 18.0 Å². The van der Waals surface area contributed by atoms with E-state index in [4.69, 9.17) is 4.42 Å². The van der Waals surface area contributed by atoms with Gasteiger partial charge in [-0.3, -0.25) is 9.69 Å². The second-order valence-corrected chi connectivity index (χ2v) is 6.06. The van der Waals surface area contributed by atoms with Crippen molar-refractivity contribution in [3.63, 3.8) is 0 Å². The number of aliphatic carboxylic acids is 1. The molecule has 3 rings (SSSR count). The van der Waals surface area contributed by atoms with E-state index in [0.29, 0.717) is 18.2 Å². The van der Waals surface area contributed by atoms with Gasteiger partial charge in [0.15, 0.2) is 0 Å². The third kappa shape index (κ3) is 3.28. The lowest BCUT2D eigenvalue weighted by molar-refractivity contribution is -0.142. The summed E-state index contributed by atoms with van der Waals surface area (Å²) in [6, 6.07) is 9.24.